The Bertz CT molecular complexity index is 1020. The van der Waals surface area contributed by atoms with Gasteiger partial charge in [-0.2, -0.15) is 5.10 Å². The standard InChI is InChI=1S/C23H27N5O/c29-23(18-4-1-5-18)25-14-20-13-21-16-27(10-3-11-28(21)26-20)15-17-7-8-22-19(12-17)6-2-9-24-22/h2,6-9,12-13,18H,1,3-5,10-11,14-16H2,(H,25,29). The maximum Gasteiger partial charge on any atom is 0.223 e. The van der Waals surface area contributed by atoms with Crippen molar-refractivity contribution < 1.29 is 4.79 Å². The van der Waals surface area contributed by atoms with Gasteiger partial charge in [0.15, 0.2) is 0 Å². The lowest BCUT2D eigenvalue weighted by Crippen LogP contribution is -2.34. The van der Waals surface area contributed by atoms with Crippen LogP contribution in [0.1, 0.15) is 42.6 Å². The highest BCUT2D eigenvalue weighted by Crippen LogP contribution is 2.26. The second-order valence-electron chi connectivity index (χ2n) is 8.29. The number of hydrogen-bond acceptors (Lipinski definition) is 4. The average Bonchev–Trinajstić information content (AvgIpc) is 2.97. The van der Waals surface area contributed by atoms with Crippen LogP contribution in [0.25, 0.3) is 10.9 Å². The van der Waals surface area contributed by atoms with Gasteiger partial charge in [-0.25, -0.2) is 0 Å². The molecular formula is C23H27N5O. The molecule has 0 radical (unpaired) electrons. The Balaban J connectivity index is 1.24. The minimum atomic E-state index is 0.187. The molecule has 1 saturated carbocycles. The number of rotatable bonds is 5. The van der Waals surface area contributed by atoms with Gasteiger partial charge in [0.2, 0.25) is 5.91 Å². The highest BCUT2D eigenvalue weighted by Gasteiger charge is 2.25. The summed E-state index contributed by atoms with van der Waals surface area (Å²) in [7, 11) is 0. The predicted molar refractivity (Wildman–Crippen MR) is 112 cm³/mol. The second kappa shape index (κ2) is 7.95. The van der Waals surface area contributed by atoms with Crippen molar-refractivity contribution in [1.82, 2.24) is 25.0 Å². The highest BCUT2D eigenvalue weighted by atomic mass is 16.1. The molecule has 2 aromatic heterocycles. The Hall–Kier alpha value is -2.73. The quantitative estimate of drug-likeness (QED) is 0.728. The monoisotopic (exact) mass is 389 g/mol. The lowest BCUT2D eigenvalue weighted by atomic mass is 9.85. The Kier molecular flexibility index (Phi) is 5.02. The molecule has 2 aliphatic rings. The van der Waals surface area contributed by atoms with Crippen LogP contribution in [0.2, 0.25) is 0 Å². The molecule has 3 aromatic rings. The smallest absolute Gasteiger partial charge is 0.223 e. The van der Waals surface area contributed by atoms with Gasteiger partial charge in [0.05, 0.1) is 23.4 Å². The van der Waals surface area contributed by atoms with Gasteiger partial charge < -0.3 is 5.32 Å². The van der Waals surface area contributed by atoms with Gasteiger partial charge in [-0.05, 0) is 49.1 Å². The Morgan fingerprint density at radius 3 is 2.93 bits per heavy atom. The fourth-order valence-electron chi connectivity index (χ4n) is 4.28. The van der Waals surface area contributed by atoms with Gasteiger partial charge in [0, 0.05) is 43.7 Å². The molecule has 0 unspecified atom stereocenters. The van der Waals surface area contributed by atoms with Crippen LogP contribution in [0.4, 0.5) is 0 Å². The topological polar surface area (TPSA) is 63.1 Å². The molecule has 1 aromatic carbocycles. The van der Waals surface area contributed by atoms with Crippen molar-refractivity contribution in [3.05, 3.63) is 59.5 Å². The number of pyridine rings is 1. The van der Waals surface area contributed by atoms with Gasteiger partial charge in [-0.15, -0.1) is 0 Å². The van der Waals surface area contributed by atoms with Crippen LogP contribution in [0.3, 0.4) is 0 Å². The predicted octanol–water partition coefficient (Wildman–Crippen LogP) is 3.25. The third-order valence-corrected chi connectivity index (χ3v) is 6.14. The molecular weight excluding hydrogens is 362 g/mol. The third-order valence-electron chi connectivity index (χ3n) is 6.14. The van der Waals surface area contributed by atoms with E-state index in [0.717, 1.165) is 56.7 Å². The van der Waals surface area contributed by atoms with E-state index in [-0.39, 0.29) is 11.8 Å². The number of hydrogen-bond donors (Lipinski definition) is 1. The molecule has 0 bridgehead atoms. The van der Waals surface area contributed by atoms with Crippen molar-refractivity contribution in [2.45, 2.75) is 51.9 Å². The molecule has 0 saturated heterocycles. The molecule has 5 rings (SSSR count). The summed E-state index contributed by atoms with van der Waals surface area (Å²) in [5.74, 6) is 0.412. The van der Waals surface area contributed by atoms with Crippen molar-refractivity contribution in [2.24, 2.45) is 5.92 Å². The molecule has 1 amide bonds. The van der Waals surface area contributed by atoms with Gasteiger partial charge in [0.1, 0.15) is 0 Å². The zero-order chi connectivity index (χ0) is 19.6. The lowest BCUT2D eigenvalue weighted by Gasteiger charge is -2.23. The first-order chi connectivity index (χ1) is 14.2. The van der Waals surface area contributed by atoms with Crippen LogP contribution in [0.15, 0.2) is 42.6 Å². The number of nitrogens with one attached hydrogen (secondary N) is 1. The number of fused-ring (bicyclic) bond motifs is 2. The van der Waals surface area contributed by atoms with E-state index in [1.807, 2.05) is 12.3 Å². The first-order valence-electron chi connectivity index (χ1n) is 10.6. The van der Waals surface area contributed by atoms with Gasteiger partial charge in [-0.3, -0.25) is 19.4 Å². The van der Waals surface area contributed by atoms with E-state index in [4.69, 9.17) is 5.10 Å². The molecule has 1 N–H and O–H groups in total. The Morgan fingerprint density at radius 1 is 1.14 bits per heavy atom. The van der Waals surface area contributed by atoms with Crippen LogP contribution >= 0.6 is 0 Å². The van der Waals surface area contributed by atoms with Gasteiger partial charge in [0.25, 0.3) is 0 Å². The summed E-state index contributed by atoms with van der Waals surface area (Å²) in [6.07, 6.45) is 6.17. The number of aryl methyl sites for hydroxylation is 1. The van der Waals surface area contributed by atoms with Crippen molar-refractivity contribution in [3.63, 3.8) is 0 Å². The normalized spacial score (nSPS) is 17.5. The molecule has 6 heteroatoms. The average molecular weight is 390 g/mol. The number of carbonyl (C=O) groups excluding carboxylic acids is 1. The summed E-state index contributed by atoms with van der Waals surface area (Å²) < 4.78 is 2.12. The van der Waals surface area contributed by atoms with E-state index >= 15 is 0 Å². The number of nitrogens with zero attached hydrogens (tertiary/aromatic N) is 4. The minimum absolute atomic E-state index is 0.187. The molecule has 0 atom stereocenters. The Labute approximate surface area is 170 Å². The Morgan fingerprint density at radius 2 is 2.07 bits per heavy atom. The zero-order valence-corrected chi connectivity index (χ0v) is 16.7. The van der Waals surface area contributed by atoms with Crippen LogP contribution in [0.5, 0.6) is 0 Å². The van der Waals surface area contributed by atoms with Crippen LogP contribution < -0.4 is 5.32 Å². The maximum absolute atomic E-state index is 12.1. The number of carbonyl (C=O) groups is 1. The van der Waals surface area contributed by atoms with Gasteiger partial charge in [-0.1, -0.05) is 18.6 Å². The summed E-state index contributed by atoms with van der Waals surface area (Å²) in [6.45, 7) is 4.33. The number of benzene rings is 1. The lowest BCUT2D eigenvalue weighted by molar-refractivity contribution is -0.127. The fourth-order valence-corrected chi connectivity index (χ4v) is 4.28. The first-order valence-corrected chi connectivity index (χ1v) is 10.6. The summed E-state index contributed by atoms with van der Waals surface area (Å²) in [4.78, 5) is 19.0. The third kappa shape index (κ3) is 4.03. The van der Waals surface area contributed by atoms with E-state index in [2.05, 4.69) is 50.2 Å². The van der Waals surface area contributed by atoms with E-state index in [1.54, 1.807) is 0 Å². The van der Waals surface area contributed by atoms with E-state index in [0.29, 0.717) is 6.54 Å². The van der Waals surface area contributed by atoms with Crippen molar-refractivity contribution in [3.8, 4) is 0 Å². The van der Waals surface area contributed by atoms with Crippen molar-refractivity contribution in [1.29, 1.82) is 0 Å². The molecule has 29 heavy (non-hydrogen) atoms. The molecule has 150 valence electrons. The zero-order valence-electron chi connectivity index (χ0n) is 16.7. The molecule has 1 aliphatic heterocycles. The summed E-state index contributed by atoms with van der Waals surface area (Å²) >= 11 is 0. The van der Waals surface area contributed by atoms with Gasteiger partial charge >= 0.3 is 0 Å². The summed E-state index contributed by atoms with van der Waals surface area (Å²) in [5, 5.41) is 8.98. The van der Waals surface area contributed by atoms with Crippen LogP contribution in [-0.2, 0) is 31.0 Å². The maximum atomic E-state index is 12.1. The van der Waals surface area contributed by atoms with E-state index < -0.39 is 0 Å². The molecule has 1 fully saturated rings. The molecule has 0 spiro atoms. The number of aromatic nitrogens is 3. The SMILES string of the molecule is O=C(NCc1cc2n(n1)CCCN(Cc1ccc3ncccc3c1)C2)C1CCC1. The molecule has 6 nitrogen and oxygen atoms in total. The highest BCUT2D eigenvalue weighted by molar-refractivity contribution is 5.79. The molecule has 3 heterocycles. The minimum Gasteiger partial charge on any atom is -0.350 e. The second-order valence-corrected chi connectivity index (χ2v) is 8.29. The van der Waals surface area contributed by atoms with Crippen molar-refractivity contribution in [2.75, 3.05) is 6.54 Å². The van der Waals surface area contributed by atoms with E-state index in [1.165, 1.54) is 23.1 Å². The summed E-state index contributed by atoms with van der Waals surface area (Å²) in [5.41, 5.74) is 4.55. The van der Waals surface area contributed by atoms with Crippen LogP contribution in [-0.4, -0.2) is 32.1 Å². The largest absolute Gasteiger partial charge is 0.350 e. The van der Waals surface area contributed by atoms with Crippen LogP contribution in [0, 0.1) is 5.92 Å². The first kappa shape index (κ1) is 18.3. The number of amides is 1. The summed E-state index contributed by atoms with van der Waals surface area (Å²) in [6, 6.07) is 12.8. The van der Waals surface area contributed by atoms with E-state index in [9.17, 15) is 4.79 Å². The fraction of sp³-hybridized carbons (Fsp3) is 0.435. The molecule has 1 aliphatic carbocycles. The van der Waals surface area contributed by atoms with Crippen molar-refractivity contribution >= 4 is 16.8 Å².